The van der Waals surface area contributed by atoms with E-state index < -0.39 is 0 Å². The molecule has 0 radical (unpaired) electrons. The lowest BCUT2D eigenvalue weighted by Gasteiger charge is -2.02. The van der Waals surface area contributed by atoms with E-state index in [0.29, 0.717) is 0 Å². The van der Waals surface area contributed by atoms with Crippen LogP contribution < -0.4 is 10.6 Å². The van der Waals surface area contributed by atoms with Crippen LogP contribution >= 0.6 is 23.1 Å². The van der Waals surface area contributed by atoms with Gasteiger partial charge in [-0.05, 0) is 23.8 Å². The molecule has 0 saturated heterocycles. The normalized spacial score (nSPS) is 13.7. The van der Waals surface area contributed by atoms with Gasteiger partial charge in [-0.2, -0.15) is 0 Å². The third-order valence-electron chi connectivity index (χ3n) is 2.74. The molecule has 0 unspecified atom stereocenters. The number of hydrogen-bond donors (Lipinski definition) is 0. The van der Waals surface area contributed by atoms with E-state index in [1.807, 2.05) is 11.8 Å². The van der Waals surface area contributed by atoms with Gasteiger partial charge in [0.1, 0.15) is 0 Å². The van der Waals surface area contributed by atoms with E-state index in [4.69, 9.17) is 0 Å². The van der Waals surface area contributed by atoms with Crippen molar-refractivity contribution in [1.82, 2.24) is 0 Å². The van der Waals surface area contributed by atoms with Gasteiger partial charge in [-0.3, -0.25) is 4.99 Å². The summed E-state index contributed by atoms with van der Waals surface area (Å²) in [6.45, 7) is 0.814. The summed E-state index contributed by atoms with van der Waals surface area (Å²) < 4.78 is 0. The van der Waals surface area contributed by atoms with E-state index in [0.717, 1.165) is 11.9 Å². The zero-order valence-electron chi connectivity index (χ0n) is 8.93. The van der Waals surface area contributed by atoms with E-state index in [1.165, 1.54) is 20.6 Å². The molecule has 0 saturated carbocycles. The van der Waals surface area contributed by atoms with Crippen molar-refractivity contribution in [2.24, 2.45) is 4.99 Å². The standard InChI is InChI=1S/C13H11NS2/c1-15-13-9-4-2-3-5-11(9)14-8-12-10(13)6-7-16-12/h2-7H,8H2,1H3. The monoisotopic (exact) mass is 245 g/mol. The van der Waals surface area contributed by atoms with Gasteiger partial charge in [-0.15, -0.1) is 23.1 Å². The van der Waals surface area contributed by atoms with Crippen molar-refractivity contribution in [3.63, 3.8) is 0 Å². The van der Waals surface area contributed by atoms with E-state index in [-0.39, 0.29) is 0 Å². The van der Waals surface area contributed by atoms with E-state index in [1.54, 1.807) is 11.3 Å². The molecule has 0 fully saturated rings. The Morgan fingerprint density at radius 3 is 3.00 bits per heavy atom. The first-order valence-electron chi connectivity index (χ1n) is 5.14. The lowest BCUT2D eigenvalue weighted by atomic mass is 10.2. The topological polar surface area (TPSA) is 12.4 Å². The number of rotatable bonds is 1. The van der Waals surface area contributed by atoms with Gasteiger partial charge in [-0.1, -0.05) is 18.2 Å². The van der Waals surface area contributed by atoms with Gasteiger partial charge < -0.3 is 0 Å². The molecular weight excluding hydrogens is 234 g/mol. The summed E-state index contributed by atoms with van der Waals surface area (Å²) in [4.78, 5) is 7.41. The number of fused-ring (bicyclic) bond motifs is 2. The molecule has 16 heavy (non-hydrogen) atoms. The van der Waals surface area contributed by atoms with Crippen molar-refractivity contribution in [3.8, 4) is 0 Å². The van der Waals surface area contributed by atoms with Gasteiger partial charge in [0.25, 0.3) is 0 Å². The summed E-state index contributed by atoms with van der Waals surface area (Å²) in [7, 11) is 0. The van der Waals surface area contributed by atoms with E-state index in [2.05, 4.69) is 47.0 Å². The van der Waals surface area contributed by atoms with Crippen LogP contribution in [0.5, 0.6) is 0 Å². The van der Waals surface area contributed by atoms with Gasteiger partial charge in [0.15, 0.2) is 0 Å². The highest BCUT2D eigenvalue weighted by atomic mass is 32.2. The largest absolute Gasteiger partial charge is 0.279 e. The van der Waals surface area contributed by atoms with Crippen LogP contribution in [0.2, 0.25) is 0 Å². The van der Waals surface area contributed by atoms with Crippen LogP contribution in [0.4, 0.5) is 0 Å². The van der Waals surface area contributed by atoms with Crippen LogP contribution in [-0.2, 0) is 6.54 Å². The second kappa shape index (κ2) is 4.07. The molecule has 3 rings (SSSR count). The smallest absolute Gasteiger partial charge is 0.0746 e. The molecule has 1 aromatic carbocycles. The third-order valence-corrected chi connectivity index (χ3v) is 4.49. The molecule has 0 N–H and O–H groups in total. The Balaban J connectivity index is 2.45. The van der Waals surface area contributed by atoms with Gasteiger partial charge >= 0.3 is 0 Å². The van der Waals surface area contributed by atoms with Crippen LogP contribution in [-0.4, -0.2) is 6.26 Å². The van der Waals surface area contributed by atoms with Crippen molar-refractivity contribution in [3.05, 3.63) is 56.7 Å². The number of benzene rings is 1. The van der Waals surface area contributed by atoms with Gasteiger partial charge in [0, 0.05) is 20.6 Å². The molecule has 0 atom stereocenters. The fraction of sp³-hybridized carbons (Fsp3) is 0.154. The summed E-state index contributed by atoms with van der Waals surface area (Å²) in [6.07, 6.45) is 2.14. The fourth-order valence-corrected chi connectivity index (χ4v) is 3.66. The lowest BCUT2D eigenvalue weighted by Crippen LogP contribution is -2.25. The Bertz CT molecular complexity index is 640. The third kappa shape index (κ3) is 1.51. The molecule has 1 aliphatic heterocycles. The Morgan fingerprint density at radius 1 is 1.25 bits per heavy atom. The molecule has 2 heterocycles. The van der Waals surface area contributed by atoms with Gasteiger partial charge in [-0.25, -0.2) is 0 Å². The molecular formula is C13H11NS2. The highest BCUT2D eigenvalue weighted by Crippen LogP contribution is 2.30. The summed E-state index contributed by atoms with van der Waals surface area (Å²) in [6, 6.07) is 10.6. The first-order chi connectivity index (χ1) is 7.90. The van der Waals surface area contributed by atoms with Crippen LogP contribution in [0, 0.1) is 0 Å². The first-order valence-corrected chi connectivity index (χ1v) is 7.25. The van der Waals surface area contributed by atoms with Crippen LogP contribution in [0.15, 0.2) is 40.7 Å². The number of para-hydroxylation sites is 1. The van der Waals surface area contributed by atoms with Gasteiger partial charge in [0.2, 0.25) is 0 Å². The zero-order valence-corrected chi connectivity index (χ0v) is 10.6. The lowest BCUT2D eigenvalue weighted by molar-refractivity contribution is 1.03. The van der Waals surface area contributed by atoms with Crippen molar-refractivity contribution in [1.29, 1.82) is 0 Å². The minimum absolute atomic E-state index is 0.814. The Labute approximate surface area is 103 Å². The van der Waals surface area contributed by atoms with Crippen molar-refractivity contribution in [2.45, 2.75) is 6.54 Å². The fourth-order valence-electron chi connectivity index (χ4n) is 1.99. The van der Waals surface area contributed by atoms with Crippen molar-refractivity contribution >= 4 is 28.0 Å². The highest BCUT2D eigenvalue weighted by molar-refractivity contribution is 8.07. The molecule has 0 amide bonds. The molecule has 0 spiro atoms. The maximum absolute atomic E-state index is 4.67. The van der Waals surface area contributed by atoms with Crippen LogP contribution in [0.3, 0.4) is 0 Å². The molecule has 1 aliphatic rings. The minimum atomic E-state index is 0.814. The van der Waals surface area contributed by atoms with E-state index in [9.17, 15) is 0 Å². The number of hydrogen-bond acceptors (Lipinski definition) is 3. The Morgan fingerprint density at radius 2 is 2.12 bits per heavy atom. The van der Waals surface area contributed by atoms with Crippen molar-refractivity contribution in [2.75, 3.05) is 6.26 Å². The second-order valence-electron chi connectivity index (χ2n) is 3.62. The molecule has 0 aliphatic carbocycles. The predicted molar refractivity (Wildman–Crippen MR) is 71.3 cm³/mol. The average Bonchev–Trinajstić information content (AvgIpc) is 2.72. The first kappa shape index (κ1) is 10.1. The summed E-state index contributed by atoms with van der Waals surface area (Å²) in [5.74, 6) is 0. The van der Waals surface area contributed by atoms with Crippen LogP contribution in [0.25, 0.3) is 4.91 Å². The summed E-state index contributed by atoms with van der Waals surface area (Å²) in [5, 5.41) is 4.55. The Kier molecular flexibility index (Phi) is 2.58. The van der Waals surface area contributed by atoms with E-state index >= 15 is 0 Å². The zero-order chi connectivity index (χ0) is 11.0. The van der Waals surface area contributed by atoms with Crippen molar-refractivity contribution < 1.29 is 0 Å². The van der Waals surface area contributed by atoms with Crippen LogP contribution in [0.1, 0.15) is 10.4 Å². The predicted octanol–water partition coefficient (Wildman–Crippen LogP) is 2.40. The maximum atomic E-state index is 4.67. The molecule has 1 nitrogen and oxygen atoms in total. The molecule has 1 aromatic heterocycles. The molecule has 3 heteroatoms. The number of nitrogens with zero attached hydrogens (tertiary/aromatic N) is 1. The molecule has 80 valence electrons. The maximum Gasteiger partial charge on any atom is 0.0746 e. The number of thiophene rings is 1. The molecule has 0 bridgehead atoms. The summed E-state index contributed by atoms with van der Waals surface area (Å²) in [5.41, 5.74) is 1.37. The average molecular weight is 245 g/mol. The summed E-state index contributed by atoms with van der Waals surface area (Å²) >= 11 is 3.61. The number of thioether (sulfide) groups is 1. The minimum Gasteiger partial charge on any atom is -0.279 e. The van der Waals surface area contributed by atoms with Gasteiger partial charge in [0.05, 0.1) is 11.9 Å². The SMILES string of the molecule is CSC1=c2ccccc2=NCc2sccc21. The molecule has 2 aromatic rings. The second-order valence-corrected chi connectivity index (χ2v) is 5.44. The Hall–Kier alpha value is -1.06. The highest BCUT2D eigenvalue weighted by Gasteiger charge is 2.12. The quantitative estimate of drug-likeness (QED) is 0.751.